The highest BCUT2D eigenvalue weighted by Crippen LogP contribution is 2.10. The molecule has 7 heteroatoms. The van der Waals surface area contributed by atoms with E-state index in [2.05, 4.69) is 16.0 Å². The molecule has 0 fully saturated rings. The van der Waals surface area contributed by atoms with Crippen LogP contribution in [0.1, 0.15) is 29.1 Å². The van der Waals surface area contributed by atoms with Crippen LogP contribution < -0.4 is 16.0 Å². The summed E-state index contributed by atoms with van der Waals surface area (Å²) < 4.78 is 4.90. The average Bonchev–Trinajstić information content (AvgIpc) is 3.13. The van der Waals surface area contributed by atoms with Gasteiger partial charge in [0.05, 0.1) is 25.4 Å². The van der Waals surface area contributed by atoms with Gasteiger partial charge in [0.15, 0.2) is 5.76 Å². The highest BCUT2D eigenvalue weighted by molar-refractivity contribution is 5.94. The molecule has 7 nitrogen and oxygen atoms in total. The molecule has 0 bridgehead atoms. The molecule has 3 N–H and O–H groups in total. The molecule has 0 aliphatic rings. The summed E-state index contributed by atoms with van der Waals surface area (Å²) in [5.74, 6) is -1.14. The van der Waals surface area contributed by atoms with Gasteiger partial charge < -0.3 is 20.4 Å². The molecule has 0 aliphatic heterocycles. The van der Waals surface area contributed by atoms with Gasteiger partial charge in [-0.3, -0.25) is 14.4 Å². The molecular weight excluding hydrogens is 310 g/mol. The van der Waals surface area contributed by atoms with Crippen LogP contribution >= 0.6 is 0 Å². The smallest absolute Gasteiger partial charge is 0.287 e. The zero-order valence-electron chi connectivity index (χ0n) is 13.2. The normalized spacial score (nSPS) is 11.4. The van der Waals surface area contributed by atoms with Crippen LogP contribution in [0.25, 0.3) is 0 Å². The van der Waals surface area contributed by atoms with Crippen molar-refractivity contribution in [3.63, 3.8) is 0 Å². The van der Waals surface area contributed by atoms with Crippen LogP contribution in [0, 0.1) is 0 Å². The van der Waals surface area contributed by atoms with E-state index in [-0.39, 0.29) is 30.8 Å². The van der Waals surface area contributed by atoms with Crippen LogP contribution in [-0.2, 0) is 9.59 Å². The molecule has 0 radical (unpaired) electrons. The summed E-state index contributed by atoms with van der Waals surface area (Å²) in [6.45, 7) is 1.46. The quantitative estimate of drug-likeness (QED) is 0.705. The number of hydrogen-bond acceptors (Lipinski definition) is 4. The van der Waals surface area contributed by atoms with Crippen molar-refractivity contribution in [1.82, 2.24) is 16.0 Å². The van der Waals surface area contributed by atoms with Gasteiger partial charge in [-0.05, 0) is 24.6 Å². The van der Waals surface area contributed by atoms with Crippen molar-refractivity contribution >= 4 is 17.7 Å². The second kappa shape index (κ2) is 8.52. The van der Waals surface area contributed by atoms with Crippen molar-refractivity contribution in [2.45, 2.75) is 13.0 Å². The fourth-order valence-electron chi connectivity index (χ4n) is 2.01. The molecule has 2 rings (SSSR count). The van der Waals surface area contributed by atoms with Gasteiger partial charge >= 0.3 is 0 Å². The lowest BCUT2D eigenvalue weighted by Crippen LogP contribution is -2.42. The van der Waals surface area contributed by atoms with Gasteiger partial charge in [0.2, 0.25) is 11.8 Å². The summed E-state index contributed by atoms with van der Waals surface area (Å²) in [5.41, 5.74) is 0.975. The largest absolute Gasteiger partial charge is 0.459 e. The van der Waals surface area contributed by atoms with Crippen molar-refractivity contribution in [1.29, 1.82) is 0 Å². The van der Waals surface area contributed by atoms with Crippen LogP contribution in [0.5, 0.6) is 0 Å². The summed E-state index contributed by atoms with van der Waals surface area (Å²) in [6.07, 6.45) is 1.37. The highest BCUT2D eigenvalue weighted by Gasteiger charge is 2.12. The second-order valence-electron chi connectivity index (χ2n) is 5.14. The fraction of sp³-hybridized carbons (Fsp3) is 0.235. The summed E-state index contributed by atoms with van der Waals surface area (Å²) in [4.78, 5) is 35.1. The minimum absolute atomic E-state index is 0.122. The molecular formula is C17H19N3O4. The Kier molecular flexibility index (Phi) is 6.13. The molecule has 1 heterocycles. The Bertz CT molecular complexity index is 683. The molecule has 0 spiro atoms. The van der Waals surface area contributed by atoms with E-state index in [0.717, 1.165) is 5.56 Å². The van der Waals surface area contributed by atoms with Gasteiger partial charge in [-0.25, -0.2) is 0 Å². The third-order valence-electron chi connectivity index (χ3n) is 3.28. The van der Waals surface area contributed by atoms with E-state index < -0.39 is 11.8 Å². The maximum Gasteiger partial charge on any atom is 0.287 e. The lowest BCUT2D eigenvalue weighted by molar-refractivity contribution is -0.125. The van der Waals surface area contributed by atoms with Crippen molar-refractivity contribution in [2.24, 2.45) is 0 Å². The Morgan fingerprint density at radius 2 is 1.67 bits per heavy atom. The van der Waals surface area contributed by atoms with Crippen LogP contribution in [-0.4, -0.2) is 30.8 Å². The van der Waals surface area contributed by atoms with E-state index in [9.17, 15) is 14.4 Å². The lowest BCUT2D eigenvalue weighted by Gasteiger charge is -2.14. The van der Waals surface area contributed by atoms with Gasteiger partial charge in [-0.1, -0.05) is 30.3 Å². The summed E-state index contributed by atoms with van der Waals surface area (Å²) in [7, 11) is 0. The number of furan rings is 1. The zero-order valence-corrected chi connectivity index (χ0v) is 13.2. The molecule has 2 aromatic rings. The number of hydrogen-bond donors (Lipinski definition) is 3. The maximum atomic E-state index is 11.8. The van der Waals surface area contributed by atoms with Crippen LogP contribution in [0.15, 0.2) is 53.1 Å². The van der Waals surface area contributed by atoms with E-state index in [4.69, 9.17) is 4.42 Å². The summed E-state index contributed by atoms with van der Waals surface area (Å²) >= 11 is 0. The first-order valence-corrected chi connectivity index (χ1v) is 7.49. The molecule has 1 aromatic heterocycles. The molecule has 0 saturated heterocycles. The van der Waals surface area contributed by atoms with Gasteiger partial charge in [0.1, 0.15) is 0 Å². The van der Waals surface area contributed by atoms with Crippen LogP contribution in [0.4, 0.5) is 0 Å². The highest BCUT2D eigenvalue weighted by atomic mass is 16.3. The van der Waals surface area contributed by atoms with Gasteiger partial charge in [0.25, 0.3) is 5.91 Å². The monoisotopic (exact) mass is 329 g/mol. The van der Waals surface area contributed by atoms with Crippen LogP contribution in [0.3, 0.4) is 0 Å². The molecule has 24 heavy (non-hydrogen) atoms. The minimum Gasteiger partial charge on any atom is -0.459 e. The first-order valence-electron chi connectivity index (χ1n) is 7.49. The minimum atomic E-state index is -0.489. The topological polar surface area (TPSA) is 100 Å². The molecule has 1 atom stereocenters. The molecule has 126 valence electrons. The predicted molar refractivity (Wildman–Crippen MR) is 87.1 cm³/mol. The second-order valence-corrected chi connectivity index (χ2v) is 5.14. The maximum absolute atomic E-state index is 11.8. The first-order chi connectivity index (χ1) is 11.6. The van der Waals surface area contributed by atoms with E-state index in [1.54, 1.807) is 6.07 Å². The SMILES string of the molecule is CC(NC(=O)CNC(=O)CNC(=O)c1ccco1)c1ccccc1. The summed E-state index contributed by atoms with van der Waals surface area (Å²) in [6, 6.07) is 12.4. The lowest BCUT2D eigenvalue weighted by atomic mass is 10.1. The standard InChI is InChI=1S/C17H19N3O4/c1-12(13-6-3-2-4-7-13)20-16(22)11-18-15(21)10-19-17(23)14-8-5-9-24-14/h2-9,12H,10-11H2,1H3,(H,18,21)(H,19,23)(H,20,22). The molecule has 1 unspecified atom stereocenters. The van der Waals surface area contributed by atoms with Crippen molar-refractivity contribution in [3.8, 4) is 0 Å². The van der Waals surface area contributed by atoms with E-state index in [0.29, 0.717) is 0 Å². The Morgan fingerprint density at radius 1 is 0.958 bits per heavy atom. The number of amides is 3. The van der Waals surface area contributed by atoms with E-state index in [1.165, 1.54) is 12.3 Å². The van der Waals surface area contributed by atoms with Gasteiger partial charge in [-0.15, -0.1) is 0 Å². The third kappa shape index (κ3) is 5.28. The number of rotatable bonds is 7. The Labute approximate surface area is 139 Å². The van der Waals surface area contributed by atoms with Crippen LogP contribution in [0.2, 0.25) is 0 Å². The Balaban J connectivity index is 1.67. The molecule has 0 saturated carbocycles. The number of benzene rings is 1. The van der Waals surface area contributed by atoms with Crippen molar-refractivity contribution in [2.75, 3.05) is 13.1 Å². The average molecular weight is 329 g/mol. The van der Waals surface area contributed by atoms with Gasteiger partial charge in [-0.2, -0.15) is 0 Å². The van der Waals surface area contributed by atoms with Crippen molar-refractivity contribution < 1.29 is 18.8 Å². The summed E-state index contributed by atoms with van der Waals surface area (Å²) in [5, 5.41) is 7.63. The zero-order chi connectivity index (χ0) is 17.4. The van der Waals surface area contributed by atoms with Gasteiger partial charge in [0, 0.05) is 0 Å². The fourth-order valence-corrected chi connectivity index (χ4v) is 2.01. The van der Waals surface area contributed by atoms with E-state index >= 15 is 0 Å². The number of carbonyl (C=O) groups is 3. The first kappa shape index (κ1) is 17.3. The predicted octanol–water partition coefficient (Wildman–Crippen LogP) is 1.00. The Hall–Kier alpha value is -3.09. The Morgan fingerprint density at radius 3 is 2.33 bits per heavy atom. The van der Waals surface area contributed by atoms with E-state index in [1.807, 2.05) is 37.3 Å². The van der Waals surface area contributed by atoms with Crippen molar-refractivity contribution in [3.05, 3.63) is 60.1 Å². The molecule has 0 aliphatic carbocycles. The number of nitrogens with one attached hydrogen (secondary N) is 3. The number of carbonyl (C=O) groups excluding carboxylic acids is 3. The third-order valence-corrected chi connectivity index (χ3v) is 3.28. The molecule has 1 aromatic carbocycles. The molecule has 3 amide bonds.